The zero-order chi connectivity index (χ0) is 20.2. The molecule has 0 fully saturated rings. The van der Waals surface area contributed by atoms with Crippen LogP contribution in [-0.4, -0.2) is 37.0 Å². The molecule has 2 rings (SSSR count). The number of ether oxygens (including phenoxy) is 3. The number of pyridine rings is 1. The van der Waals surface area contributed by atoms with E-state index in [9.17, 15) is 9.59 Å². The molecule has 0 radical (unpaired) electrons. The number of carbonyl (C=O) groups excluding carboxylic acids is 2. The van der Waals surface area contributed by atoms with Crippen molar-refractivity contribution in [2.45, 2.75) is 13.8 Å². The van der Waals surface area contributed by atoms with Crippen molar-refractivity contribution in [1.82, 2.24) is 4.98 Å². The van der Waals surface area contributed by atoms with Crippen molar-refractivity contribution in [3.63, 3.8) is 0 Å². The average Bonchev–Trinajstić information content (AvgIpc) is 2.66. The van der Waals surface area contributed by atoms with Gasteiger partial charge in [0.25, 0.3) is 0 Å². The quantitative estimate of drug-likeness (QED) is 0.702. The SMILES string of the molecule is CCOC(=O)Nc1cc(OCC=Cc2ccccc2)cc(NC(=O)OCC)n1. The molecule has 8 nitrogen and oxygen atoms in total. The first-order valence-electron chi connectivity index (χ1n) is 8.84. The molecule has 8 heteroatoms. The lowest BCUT2D eigenvalue weighted by molar-refractivity contribution is 0.167. The molecule has 2 aromatic rings. The number of hydrogen-bond donors (Lipinski definition) is 2. The molecular formula is C20H23N3O5. The Morgan fingerprint density at radius 1 is 0.964 bits per heavy atom. The highest BCUT2D eigenvalue weighted by molar-refractivity contribution is 5.86. The summed E-state index contributed by atoms with van der Waals surface area (Å²) in [7, 11) is 0. The first-order chi connectivity index (χ1) is 13.6. The molecule has 2 amide bonds. The van der Waals surface area contributed by atoms with Gasteiger partial charge in [-0.1, -0.05) is 36.4 Å². The lowest BCUT2D eigenvalue weighted by atomic mass is 10.2. The van der Waals surface area contributed by atoms with Crippen LogP contribution >= 0.6 is 0 Å². The van der Waals surface area contributed by atoms with Crippen molar-refractivity contribution in [2.75, 3.05) is 30.5 Å². The van der Waals surface area contributed by atoms with Crippen LogP contribution in [-0.2, 0) is 9.47 Å². The number of carbonyl (C=O) groups is 2. The lowest BCUT2D eigenvalue weighted by Crippen LogP contribution is -2.17. The van der Waals surface area contributed by atoms with Crippen LogP contribution in [0.4, 0.5) is 21.2 Å². The predicted molar refractivity (Wildman–Crippen MR) is 106 cm³/mol. The Morgan fingerprint density at radius 2 is 1.54 bits per heavy atom. The van der Waals surface area contributed by atoms with E-state index in [4.69, 9.17) is 14.2 Å². The van der Waals surface area contributed by atoms with Crippen LogP contribution < -0.4 is 15.4 Å². The summed E-state index contributed by atoms with van der Waals surface area (Å²) in [6.45, 7) is 4.12. The minimum atomic E-state index is -0.654. The first-order valence-corrected chi connectivity index (χ1v) is 8.84. The van der Waals surface area contributed by atoms with Gasteiger partial charge in [-0.2, -0.15) is 0 Å². The van der Waals surface area contributed by atoms with Gasteiger partial charge in [0.2, 0.25) is 0 Å². The summed E-state index contributed by atoms with van der Waals surface area (Å²) in [4.78, 5) is 27.4. The fourth-order valence-electron chi connectivity index (χ4n) is 2.15. The van der Waals surface area contributed by atoms with Gasteiger partial charge in [0.15, 0.2) is 0 Å². The molecule has 0 unspecified atom stereocenters. The molecule has 0 aliphatic heterocycles. The second-order valence-electron chi connectivity index (χ2n) is 5.39. The summed E-state index contributed by atoms with van der Waals surface area (Å²) >= 11 is 0. The highest BCUT2D eigenvalue weighted by atomic mass is 16.6. The fraction of sp³-hybridized carbons (Fsp3) is 0.250. The van der Waals surface area contributed by atoms with E-state index in [0.717, 1.165) is 5.56 Å². The summed E-state index contributed by atoms with van der Waals surface area (Å²) in [5.41, 5.74) is 1.05. The number of aromatic nitrogens is 1. The average molecular weight is 385 g/mol. The Hall–Kier alpha value is -3.55. The molecule has 0 spiro atoms. The zero-order valence-electron chi connectivity index (χ0n) is 15.8. The Balaban J connectivity index is 2.08. The molecule has 28 heavy (non-hydrogen) atoms. The van der Waals surface area contributed by atoms with Gasteiger partial charge in [-0.05, 0) is 25.5 Å². The summed E-state index contributed by atoms with van der Waals surface area (Å²) in [5.74, 6) is 0.760. The Bertz CT molecular complexity index is 770. The third kappa shape index (κ3) is 7.36. The van der Waals surface area contributed by atoms with Crippen molar-refractivity contribution in [3.05, 3.63) is 54.1 Å². The number of hydrogen-bond acceptors (Lipinski definition) is 6. The van der Waals surface area contributed by atoms with Crippen molar-refractivity contribution in [2.24, 2.45) is 0 Å². The predicted octanol–water partition coefficient (Wildman–Crippen LogP) is 4.31. The van der Waals surface area contributed by atoms with Gasteiger partial charge in [-0.15, -0.1) is 0 Å². The first kappa shape index (κ1) is 20.8. The summed E-state index contributed by atoms with van der Waals surface area (Å²) in [6.07, 6.45) is 2.47. The van der Waals surface area contributed by atoms with E-state index in [2.05, 4.69) is 15.6 Å². The van der Waals surface area contributed by atoms with E-state index < -0.39 is 12.2 Å². The van der Waals surface area contributed by atoms with Gasteiger partial charge in [0, 0.05) is 12.1 Å². The molecule has 1 heterocycles. The molecule has 148 valence electrons. The smallest absolute Gasteiger partial charge is 0.412 e. The molecule has 0 atom stereocenters. The Kier molecular flexibility index (Phi) is 8.32. The van der Waals surface area contributed by atoms with Gasteiger partial charge >= 0.3 is 12.2 Å². The number of nitrogens with one attached hydrogen (secondary N) is 2. The second kappa shape index (κ2) is 11.2. The van der Waals surface area contributed by atoms with Crippen LogP contribution in [0.5, 0.6) is 5.75 Å². The van der Waals surface area contributed by atoms with E-state index in [1.54, 1.807) is 13.8 Å². The van der Waals surface area contributed by atoms with Crippen LogP contribution in [0.2, 0.25) is 0 Å². The third-order valence-electron chi connectivity index (χ3n) is 3.27. The standard InChI is InChI=1S/C20H23N3O5/c1-3-26-19(24)22-17-13-16(14-18(21-17)23-20(25)27-4-2)28-12-8-11-15-9-6-5-7-10-15/h5-11,13-14H,3-4,12H2,1-2H3,(H2,21,22,23,24,25). The highest BCUT2D eigenvalue weighted by Crippen LogP contribution is 2.21. The van der Waals surface area contributed by atoms with Gasteiger partial charge in [-0.25, -0.2) is 14.6 Å². The van der Waals surface area contributed by atoms with Crippen molar-refractivity contribution in [1.29, 1.82) is 0 Å². The van der Waals surface area contributed by atoms with E-state index in [0.29, 0.717) is 5.75 Å². The van der Waals surface area contributed by atoms with E-state index in [1.165, 1.54) is 12.1 Å². The van der Waals surface area contributed by atoms with Crippen LogP contribution in [0.15, 0.2) is 48.5 Å². The van der Waals surface area contributed by atoms with Gasteiger partial charge in [0.1, 0.15) is 24.0 Å². The van der Waals surface area contributed by atoms with E-state index in [1.807, 2.05) is 42.5 Å². The largest absolute Gasteiger partial charge is 0.489 e. The number of nitrogens with zero attached hydrogens (tertiary/aromatic N) is 1. The third-order valence-corrected chi connectivity index (χ3v) is 3.27. The fourth-order valence-corrected chi connectivity index (χ4v) is 2.15. The van der Waals surface area contributed by atoms with E-state index >= 15 is 0 Å². The Labute approximate surface area is 163 Å². The molecular weight excluding hydrogens is 362 g/mol. The molecule has 0 bridgehead atoms. The van der Waals surface area contributed by atoms with Crippen molar-refractivity contribution < 1.29 is 23.8 Å². The maximum Gasteiger partial charge on any atom is 0.412 e. The van der Waals surface area contributed by atoms with E-state index in [-0.39, 0.29) is 31.5 Å². The van der Waals surface area contributed by atoms with Crippen LogP contribution in [0.3, 0.4) is 0 Å². The second-order valence-corrected chi connectivity index (χ2v) is 5.39. The van der Waals surface area contributed by atoms with Gasteiger partial charge in [0.05, 0.1) is 13.2 Å². The van der Waals surface area contributed by atoms with Crippen molar-refractivity contribution in [3.8, 4) is 5.75 Å². The summed E-state index contributed by atoms with van der Waals surface area (Å²) in [5, 5.41) is 4.97. The van der Waals surface area contributed by atoms with Crippen LogP contribution in [0, 0.1) is 0 Å². The maximum absolute atomic E-state index is 11.6. The van der Waals surface area contributed by atoms with Gasteiger partial charge < -0.3 is 14.2 Å². The normalized spacial score (nSPS) is 10.4. The van der Waals surface area contributed by atoms with Crippen LogP contribution in [0.1, 0.15) is 19.4 Å². The minimum Gasteiger partial charge on any atom is -0.489 e. The maximum atomic E-state index is 11.6. The zero-order valence-corrected chi connectivity index (χ0v) is 15.8. The molecule has 2 N–H and O–H groups in total. The highest BCUT2D eigenvalue weighted by Gasteiger charge is 2.10. The number of anilines is 2. The lowest BCUT2D eigenvalue weighted by Gasteiger charge is -2.11. The molecule has 0 saturated heterocycles. The molecule has 0 saturated carbocycles. The molecule has 0 aliphatic rings. The summed E-state index contributed by atoms with van der Waals surface area (Å²) in [6, 6.07) is 12.9. The van der Waals surface area contributed by atoms with Crippen molar-refractivity contribution >= 4 is 29.9 Å². The monoisotopic (exact) mass is 385 g/mol. The molecule has 1 aromatic carbocycles. The molecule has 0 aliphatic carbocycles. The van der Waals surface area contributed by atoms with Gasteiger partial charge in [-0.3, -0.25) is 10.6 Å². The number of amides is 2. The minimum absolute atomic E-state index is 0.176. The number of benzene rings is 1. The topological polar surface area (TPSA) is 98.8 Å². The molecule has 1 aromatic heterocycles. The Morgan fingerprint density at radius 3 is 2.07 bits per heavy atom. The van der Waals surface area contributed by atoms with Crippen LogP contribution in [0.25, 0.3) is 6.08 Å². The summed E-state index contributed by atoms with van der Waals surface area (Å²) < 4.78 is 15.4. The number of rotatable bonds is 8.